The molecule has 0 aliphatic rings. The first-order chi connectivity index (χ1) is 6.16. The summed E-state index contributed by atoms with van der Waals surface area (Å²) in [6.07, 6.45) is 0.885. The Kier molecular flexibility index (Phi) is 3.75. The number of hydrogen-bond donors (Lipinski definition) is 2. The van der Waals surface area contributed by atoms with E-state index in [2.05, 4.69) is 22.9 Å². The number of benzene rings is 1. The fourth-order valence-electron chi connectivity index (χ4n) is 1.41. The summed E-state index contributed by atoms with van der Waals surface area (Å²) in [7, 11) is 0. The van der Waals surface area contributed by atoms with Crippen molar-refractivity contribution in [3.8, 4) is 5.75 Å². The van der Waals surface area contributed by atoms with Gasteiger partial charge >= 0.3 is 0 Å². The molecule has 0 aromatic heterocycles. The Hall–Kier alpha value is -0.540. The van der Waals surface area contributed by atoms with Crippen LogP contribution in [0.2, 0.25) is 0 Å². The summed E-state index contributed by atoms with van der Waals surface area (Å²) < 4.78 is 0.952. The number of hydrogen-bond acceptors (Lipinski definition) is 2. The smallest absolute Gasteiger partial charge is 0.120 e. The van der Waals surface area contributed by atoms with Gasteiger partial charge in [-0.1, -0.05) is 28.9 Å². The Morgan fingerprint density at radius 3 is 2.77 bits per heavy atom. The second kappa shape index (κ2) is 4.63. The van der Waals surface area contributed by atoms with E-state index in [-0.39, 0.29) is 0 Å². The Balaban J connectivity index is 2.98. The lowest BCUT2D eigenvalue weighted by Gasteiger charge is -2.13. The molecule has 0 saturated carbocycles. The van der Waals surface area contributed by atoms with Crippen LogP contribution < -0.4 is 5.73 Å². The number of rotatable bonds is 3. The van der Waals surface area contributed by atoms with Gasteiger partial charge in [-0.15, -0.1) is 0 Å². The zero-order chi connectivity index (χ0) is 9.84. The van der Waals surface area contributed by atoms with Crippen LogP contribution in [0.4, 0.5) is 0 Å². The van der Waals surface area contributed by atoms with E-state index in [9.17, 15) is 5.11 Å². The molecular weight excluding hydrogens is 230 g/mol. The van der Waals surface area contributed by atoms with Crippen LogP contribution in [0.5, 0.6) is 5.75 Å². The van der Waals surface area contributed by atoms with Gasteiger partial charge in [0.25, 0.3) is 0 Å². The second-order valence-corrected chi connectivity index (χ2v) is 4.01. The van der Waals surface area contributed by atoms with Crippen LogP contribution in [-0.2, 0) is 0 Å². The number of phenols is 1. The van der Waals surface area contributed by atoms with Crippen LogP contribution in [0.3, 0.4) is 0 Å². The monoisotopic (exact) mass is 243 g/mol. The van der Waals surface area contributed by atoms with Gasteiger partial charge in [-0.25, -0.2) is 0 Å². The molecular formula is C10H14BrNO. The van der Waals surface area contributed by atoms with Gasteiger partial charge in [0.15, 0.2) is 0 Å². The molecule has 3 N–H and O–H groups in total. The first-order valence-electron chi connectivity index (χ1n) is 4.34. The molecule has 0 heterocycles. The maximum absolute atomic E-state index is 9.62. The maximum Gasteiger partial charge on any atom is 0.120 e. The summed E-state index contributed by atoms with van der Waals surface area (Å²) in [4.78, 5) is 0. The van der Waals surface area contributed by atoms with E-state index in [1.165, 1.54) is 0 Å². The first kappa shape index (κ1) is 10.5. The van der Waals surface area contributed by atoms with E-state index < -0.39 is 0 Å². The molecule has 0 aliphatic carbocycles. The van der Waals surface area contributed by atoms with E-state index in [0.29, 0.717) is 18.2 Å². The number of aromatic hydroxyl groups is 1. The molecule has 0 fully saturated rings. The Labute approximate surface area is 86.9 Å². The third kappa shape index (κ3) is 2.45. The molecule has 3 heteroatoms. The van der Waals surface area contributed by atoms with E-state index in [4.69, 9.17) is 5.73 Å². The average molecular weight is 244 g/mol. The molecule has 0 radical (unpaired) electrons. The summed E-state index contributed by atoms with van der Waals surface area (Å²) in [6, 6.07) is 5.45. The van der Waals surface area contributed by atoms with Crippen molar-refractivity contribution in [2.45, 2.75) is 19.3 Å². The van der Waals surface area contributed by atoms with Crippen molar-refractivity contribution >= 4 is 15.9 Å². The van der Waals surface area contributed by atoms with Crippen LogP contribution in [0.1, 0.15) is 24.8 Å². The van der Waals surface area contributed by atoms with Gasteiger partial charge in [0.2, 0.25) is 0 Å². The molecule has 1 aromatic carbocycles. The van der Waals surface area contributed by atoms with Crippen molar-refractivity contribution in [1.29, 1.82) is 0 Å². The molecule has 72 valence electrons. The van der Waals surface area contributed by atoms with Gasteiger partial charge in [0, 0.05) is 10.0 Å². The third-order valence-corrected chi connectivity index (χ3v) is 2.81. The molecule has 1 aromatic rings. The minimum absolute atomic E-state index is 0.292. The maximum atomic E-state index is 9.62. The van der Waals surface area contributed by atoms with E-state index in [0.717, 1.165) is 16.5 Å². The lowest BCUT2D eigenvalue weighted by molar-refractivity contribution is 0.460. The van der Waals surface area contributed by atoms with Crippen molar-refractivity contribution in [3.05, 3.63) is 28.2 Å². The molecule has 0 amide bonds. The van der Waals surface area contributed by atoms with E-state index in [1.54, 1.807) is 6.07 Å². The number of halogens is 1. The minimum atomic E-state index is 0.292. The highest BCUT2D eigenvalue weighted by Crippen LogP contribution is 2.33. The molecule has 0 saturated heterocycles. The Bertz CT molecular complexity index is 268. The standard InChI is InChI=1S/C10H14BrNO/c1-7(5-6-12)10-8(11)3-2-4-9(10)13/h2-4,7,13H,5-6,12H2,1H3. The molecule has 2 nitrogen and oxygen atoms in total. The van der Waals surface area contributed by atoms with Crippen LogP contribution in [0, 0.1) is 0 Å². The van der Waals surface area contributed by atoms with Crippen LogP contribution in [-0.4, -0.2) is 11.7 Å². The van der Waals surface area contributed by atoms with Crippen molar-refractivity contribution in [2.24, 2.45) is 5.73 Å². The largest absolute Gasteiger partial charge is 0.508 e. The van der Waals surface area contributed by atoms with Gasteiger partial charge in [-0.2, -0.15) is 0 Å². The van der Waals surface area contributed by atoms with E-state index >= 15 is 0 Å². The zero-order valence-corrected chi connectivity index (χ0v) is 9.21. The Morgan fingerprint density at radius 1 is 1.54 bits per heavy atom. The molecule has 13 heavy (non-hydrogen) atoms. The number of phenolic OH excluding ortho intramolecular Hbond substituents is 1. The summed E-state index contributed by atoms with van der Waals surface area (Å²) in [5, 5.41) is 9.62. The van der Waals surface area contributed by atoms with Gasteiger partial charge in [0.05, 0.1) is 0 Å². The quantitative estimate of drug-likeness (QED) is 0.858. The van der Waals surface area contributed by atoms with Crippen molar-refractivity contribution < 1.29 is 5.11 Å². The molecule has 1 unspecified atom stereocenters. The van der Waals surface area contributed by atoms with Gasteiger partial charge < -0.3 is 10.8 Å². The van der Waals surface area contributed by atoms with Crippen molar-refractivity contribution in [1.82, 2.24) is 0 Å². The Morgan fingerprint density at radius 2 is 2.23 bits per heavy atom. The van der Waals surface area contributed by atoms with Crippen molar-refractivity contribution in [2.75, 3.05) is 6.54 Å². The lowest BCUT2D eigenvalue weighted by Crippen LogP contribution is -2.05. The predicted molar refractivity (Wildman–Crippen MR) is 57.9 cm³/mol. The first-order valence-corrected chi connectivity index (χ1v) is 5.13. The highest BCUT2D eigenvalue weighted by Gasteiger charge is 2.12. The summed E-state index contributed by atoms with van der Waals surface area (Å²) in [5.41, 5.74) is 6.42. The predicted octanol–water partition coefficient (Wildman–Crippen LogP) is 2.61. The number of nitrogens with two attached hydrogens (primary N) is 1. The third-order valence-electron chi connectivity index (χ3n) is 2.12. The van der Waals surface area contributed by atoms with Crippen molar-refractivity contribution in [3.63, 3.8) is 0 Å². The second-order valence-electron chi connectivity index (χ2n) is 3.15. The highest BCUT2D eigenvalue weighted by atomic mass is 79.9. The van der Waals surface area contributed by atoms with Crippen LogP contribution >= 0.6 is 15.9 Å². The fraction of sp³-hybridized carbons (Fsp3) is 0.400. The van der Waals surface area contributed by atoms with Gasteiger partial charge in [-0.05, 0) is 31.0 Å². The van der Waals surface area contributed by atoms with Crippen LogP contribution in [0.25, 0.3) is 0 Å². The topological polar surface area (TPSA) is 46.2 Å². The summed E-state index contributed by atoms with van der Waals surface area (Å²) in [6.45, 7) is 2.70. The minimum Gasteiger partial charge on any atom is -0.508 e. The SMILES string of the molecule is CC(CCN)c1c(O)cccc1Br. The van der Waals surface area contributed by atoms with Gasteiger partial charge in [0.1, 0.15) is 5.75 Å². The lowest BCUT2D eigenvalue weighted by atomic mass is 9.97. The average Bonchev–Trinajstić information content (AvgIpc) is 2.04. The highest BCUT2D eigenvalue weighted by molar-refractivity contribution is 9.10. The fourth-order valence-corrected chi connectivity index (χ4v) is 2.15. The van der Waals surface area contributed by atoms with E-state index in [1.807, 2.05) is 12.1 Å². The summed E-state index contributed by atoms with van der Waals surface area (Å²) >= 11 is 3.42. The molecule has 1 atom stereocenters. The van der Waals surface area contributed by atoms with Gasteiger partial charge in [-0.3, -0.25) is 0 Å². The molecule has 0 bridgehead atoms. The van der Waals surface area contributed by atoms with Crippen LogP contribution in [0.15, 0.2) is 22.7 Å². The summed E-state index contributed by atoms with van der Waals surface area (Å²) in [5.74, 6) is 0.635. The normalized spacial score (nSPS) is 12.8. The molecule has 1 rings (SSSR count). The molecule has 0 aliphatic heterocycles. The zero-order valence-electron chi connectivity index (χ0n) is 7.63. The molecule has 0 spiro atoms.